The van der Waals surface area contributed by atoms with Gasteiger partial charge in [0, 0.05) is 24.3 Å². The fraction of sp³-hybridized carbons (Fsp3) is 0.174. The molecule has 2 amide bonds. The first kappa shape index (κ1) is 26.4. The molecule has 1 unspecified atom stereocenters. The van der Waals surface area contributed by atoms with Crippen LogP contribution in [0, 0.1) is 10.1 Å². The number of nitrogens with zero attached hydrogens (tertiary/aromatic N) is 1. The molecule has 0 radical (unpaired) electrons. The Hall–Kier alpha value is -4.16. The number of thiophene rings is 1. The molecule has 2 N–H and O–H groups in total. The molecule has 1 atom stereocenters. The van der Waals surface area contributed by atoms with Gasteiger partial charge < -0.3 is 24.8 Å². The summed E-state index contributed by atoms with van der Waals surface area (Å²) in [5, 5.41) is 17.6. The minimum atomic E-state index is -1.29. The van der Waals surface area contributed by atoms with E-state index in [1.165, 1.54) is 56.7 Å². The van der Waals surface area contributed by atoms with Crippen LogP contribution in [0.2, 0.25) is 5.02 Å². The van der Waals surface area contributed by atoms with E-state index in [1.54, 1.807) is 17.5 Å². The number of hydrogen-bond donors (Lipinski definition) is 2. The highest BCUT2D eigenvalue weighted by Crippen LogP contribution is 2.34. The van der Waals surface area contributed by atoms with Crippen LogP contribution in [0.4, 0.5) is 17.1 Å². The second kappa shape index (κ2) is 11.5. The van der Waals surface area contributed by atoms with Crippen molar-refractivity contribution in [1.82, 2.24) is 0 Å². The lowest BCUT2D eigenvalue weighted by Gasteiger charge is -2.17. The van der Waals surface area contributed by atoms with Crippen molar-refractivity contribution in [3.05, 3.63) is 73.4 Å². The minimum absolute atomic E-state index is 0.0606. The lowest BCUT2D eigenvalue weighted by Crippen LogP contribution is -2.30. The van der Waals surface area contributed by atoms with Crippen LogP contribution in [-0.2, 0) is 9.53 Å². The summed E-state index contributed by atoms with van der Waals surface area (Å²) in [5.74, 6) is -1.65. The number of rotatable bonds is 9. The molecule has 1 aromatic heterocycles. The molecular weight excluding hydrogens is 514 g/mol. The number of hydrogen-bond acceptors (Lipinski definition) is 9. The maximum Gasteiger partial charge on any atom is 0.341 e. The summed E-state index contributed by atoms with van der Waals surface area (Å²) in [6.07, 6.45) is -1.29. The van der Waals surface area contributed by atoms with E-state index in [2.05, 4.69) is 10.6 Å². The van der Waals surface area contributed by atoms with Gasteiger partial charge in [0.25, 0.3) is 17.5 Å². The maximum atomic E-state index is 13.0. The van der Waals surface area contributed by atoms with E-state index in [4.69, 9.17) is 25.8 Å². The number of nitro benzene ring substituents is 1. The van der Waals surface area contributed by atoms with Crippen LogP contribution in [0.5, 0.6) is 11.5 Å². The molecule has 0 bridgehead atoms. The third-order valence-corrected chi connectivity index (χ3v) is 5.99. The van der Waals surface area contributed by atoms with Gasteiger partial charge in [-0.05, 0) is 24.4 Å². The van der Waals surface area contributed by atoms with Crippen molar-refractivity contribution in [3.8, 4) is 11.5 Å². The summed E-state index contributed by atoms with van der Waals surface area (Å²) in [6.45, 7) is 1.33. The van der Waals surface area contributed by atoms with Crippen LogP contribution in [0.15, 0.2) is 47.8 Å². The number of carbonyl (C=O) groups is 3. The first-order chi connectivity index (χ1) is 17.1. The van der Waals surface area contributed by atoms with Crippen LogP contribution in [0.25, 0.3) is 0 Å². The Labute approximate surface area is 214 Å². The molecule has 0 fully saturated rings. The largest absolute Gasteiger partial charge is 0.493 e. The molecule has 0 aliphatic carbocycles. The van der Waals surface area contributed by atoms with E-state index in [0.717, 1.165) is 6.07 Å². The van der Waals surface area contributed by atoms with Crippen molar-refractivity contribution in [1.29, 1.82) is 0 Å². The number of nitro groups is 1. The Morgan fingerprint density at radius 3 is 2.31 bits per heavy atom. The van der Waals surface area contributed by atoms with E-state index in [0.29, 0.717) is 4.88 Å². The number of halogens is 1. The van der Waals surface area contributed by atoms with Crippen molar-refractivity contribution >= 4 is 57.8 Å². The average Bonchev–Trinajstić information content (AvgIpc) is 3.40. The number of nitrogens with one attached hydrogen (secondary N) is 2. The van der Waals surface area contributed by atoms with Gasteiger partial charge in [-0.25, -0.2) is 4.79 Å². The van der Waals surface area contributed by atoms with Crippen molar-refractivity contribution in [2.45, 2.75) is 13.0 Å². The fourth-order valence-corrected chi connectivity index (χ4v) is 3.81. The highest BCUT2D eigenvalue weighted by Gasteiger charge is 2.25. The molecule has 3 rings (SSSR count). The molecule has 0 aliphatic heterocycles. The van der Waals surface area contributed by atoms with Crippen molar-refractivity contribution < 1.29 is 33.5 Å². The average molecular weight is 534 g/mol. The molecule has 1 heterocycles. The van der Waals surface area contributed by atoms with E-state index < -0.39 is 28.8 Å². The molecule has 0 saturated heterocycles. The summed E-state index contributed by atoms with van der Waals surface area (Å²) >= 11 is 7.22. The Morgan fingerprint density at radius 2 is 1.72 bits per heavy atom. The highest BCUT2D eigenvalue weighted by molar-refractivity contribution is 7.12. The minimum Gasteiger partial charge on any atom is -0.493 e. The zero-order valence-corrected chi connectivity index (χ0v) is 20.8. The number of anilines is 2. The second-order valence-electron chi connectivity index (χ2n) is 7.14. The lowest BCUT2D eigenvalue weighted by molar-refractivity contribution is -0.384. The Balaban J connectivity index is 1.81. The zero-order chi connectivity index (χ0) is 26.4. The van der Waals surface area contributed by atoms with Crippen LogP contribution in [0.3, 0.4) is 0 Å². The van der Waals surface area contributed by atoms with Gasteiger partial charge in [0.15, 0.2) is 17.6 Å². The molecule has 13 heteroatoms. The lowest BCUT2D eigenvalue weighted by atomic mass is 10.1. The molecule has 2 aromatic carbocycles. The monoisotopic (exact) mass is 533 g/mol. The second-order valence-corrected chi connectivity index (χ2v) is 8.50. The number of carbonyl (C=O) groups excluding carboxylic acids is 3. The molecule has 3 aromatic rings. The summed E-state index contributed by atoms with van der Waals surface area (Å²) < 4.78 is 15.8. The molecule has 0 spiro atoms. The number of amides is 2. The fourth-order valence-electron chi connectivity index (χ4n) is 2.97. The van der Waals surface area contributed by atoms with Crippen LogP contribution >= 0.6 is 22.9 Å². The van der Waals surface area contributed by atoms with Gasteiger partial charge in [0.05, 0.1) is 46.0 Å². The zero-order valence-electron chi connectivity index (χ0n) is 19.2. The van der Waals surface area contributed by atoms with Gasteiger partial charge in [-0.3, -0.25) is 19.7 Å². The normalized spacial score (nSPS) is 11.2. The summed E-state index contributed by atoms with van der Waals surface area (Å²) in [5.41, 5.74) is -0.138. The topological polar surface area (TPSA) is 146 Å². The number of benzene rings is 2. The third-order valence-electron chi connectivity index (χ3n) is 4.81. The molecular formula is C23H20ClN3O8S. The molecule has 188 valence electrons. The van der Waals surface area contributed by atoms with E-state index >= 15 is 0 Å². The SMILES string of the molecule is COc1cc(NC(=O)c2cccs2)c(C(=O)OC(C)C(=O)Nc2ccc([N+](=O)[O-])cc2Cl)cc1OC. The quantitative estimate of drug-likeness (QED) is 0.227. The summed E-state index contributed by atoms with van der Waals surface area (Å²) in [7, 11) is 2.78. The number of non-ortho nitro benzene ring substituents is 1. The van der Waals surface area contributed by atoms with E-state index in [-0.39, 0.29) is 39.1 Å². The maximum absolute atomic E-state index is 13.0. The molecule has 36 heavy (non-hydrogen) atoms. The number of ether oxygens (including phenoxy) is 3. The predicted molar refractivity (Wildman–Crippen MR) is 133 cm³/mol. The van der Waals surface area contributed by atoms with Gasteiger partial charge in [-0.1, -0.05) is 17.7 Å². The van der Waals surface area contributed by atoms with Gasteiger partial charge in [-0.15, -0.1) is 11.3 Å². The third kappa shape index (κ3) is 6.09. The van der Waals surface area contributed by atoms with Crippen LogP contribution < -0.4 is 20.1 Å². The highest BCUT2D eigenvalue weighted by atomic mass is 35.5. The van der Waals surface area contributed by atoms with E-state index in [1.807, 2.05) is 0 Å². The Kier molecular flexibility index (Phi) is 8.46. The first-order valence-corrected chi connectivity index (χ1v) is 11.5. The summed E-state index contributed by atoms with van der Waals surface area (Å²) in [6, 6.07) is 9.57. The van der Waals surface area contributed by atoms with Crippen molar-refractivity contribution in [2.75, 3.05) is 24.9 Å². The van der Waals surface area contributed by atoms with Gasteiger partial charge in [0.2, 0.25) is 0 Å². The van der Waals surface area contributed by atoms with Gasteiger partial charge in [0.1, 0.15) is 0 Å². The number of methoxy groups -OCH3 is 2. The number of esters is 1. The molecule has 0 saturated carbocycles. The predicted octanol–water partition coefficient (Wildman–Crippen LogP) is 4.76. The van der Waals surface area contributed by atoms with Crippen LogP contribution in [0.1, 0.15) is 27.0 Å². The van der Waals surface area contributed by atoms with Gasteiger partial charge in [-0.2, -0.15) is 0 Å². The van der Waals surface area contributed by atoms with Crippen molar-refractivity contribution in [2.24, 2.45) is 0 Å². The van der Waals surface area contributed by atoms with E-state index in [9.17, 15) is 24.5 Å². The molecule has 11 nitrogen and oxygen atoms in total. The Bertz CT molecular complexity index is 1310. The molecule has 0 aliphatic rings. The van der Waals surface area contributed by atoms with Crippen LogP contribution in [-0.4, -0.2) is 43.0 Å². The Morgan fingerprint density at radius 1 is 1.03 bits per heavy atom. The standard InChI is InChI=1S/C23H20ClN3O8S/c1-12(21(28)25-16-7-6-13(27(31)32)9-15(16)24)35-23(30)14-10-18(33-2)19(34-3)11-17(14)26-22(29)20-5-4-8-36-20/h4-12H,1-3H3,(H,25,28)(H,26,29). The van der Waals surface area contributed by atoms with Gasteiger partial charge >= 0.3 is 5.97 Å². The first-order valence-electron chi connectivity index (χ1n) is 10.2. The smallest absolute Gasteiger partial charge is 0.341 e. The summed E-state index contributed by atoms with van der Waals surface area (Å²) in [4.78, 5) is 48.8. The van der Waals surface area contributed by atoms with Crippen molar-refractivity contribution in [3.63, 3.8) is 0 Å².